The summed E-state index contributed by atoms with van der Waals surface area (Å²) in [7, 11) is 1.68. The molecule has 1 saturated heterocycles. The van der Waals surface area contributed by atoms with Crippen LogP contribution in [0.2, 0.25) is 0 Å². The van der Waals surface area contributed by atoms with E-state index in [-0.39, 0.29) is 5.56 Å². The van der Waals surface area contributed by atoms with Crippen LogP contribution in [0.1, 0.15) is 11.4 Å². The Balaban J connectivity index is 1.34. The SMILES string of the molecule is Cn1c(=O)c2ccccc2n2c(CN3CCN(c4ccc(C(F)(F)F)cn4)CC3)nnc12. The first kappa shape index (κ1) is 20.4. The summed E-state index contributed by atoms with van der Waals surface area (Å²) in [6.45, 7) is 3.20. The standard InChI is InChI=1S/C21H20F3N7O/c1-28-19(32)15-4-2-3-5-16(15)31-18(26-27-20(28)31)13-29-8-10-30(11-9-29)17-7-6-14(12-25-17)21(22,23)24/h2-7,12H,8-11,13H2,1H3. The molecule has 3 aromatic heterocycles. The van der Waals surface area contributed by atoms with Crippen LogP contribution in [0.25, 0.3) is 16.7 Å². The van der Waals surface area contributed by atoms with Gasteiger partial charge in [0.15, 0.2) is 5.82 Å². The van der Waals surface area contributed by atoms with Gasteiger partial charge in [-0.05, 0) is 24.3 Å². The van der Waals surface area contributed by atoms with Crippen molar-refractivity contribution >= 4 is 22.5 Å². The third-order valence-electron chi connectivity index (χ3n) is 5.83. The van der Waals surface area contributed by atoms with E-state index in [9.17, 15) is 18.0 Å². The average Bonchev–Trinajstić information content (AvgIpc) is 3.21. The molecule has 0 radical (unpaired) electrons. The van der Waals surface area contributed by atoms with Gasteiger partial charge in [-0.1, -0.05) is 12.1 Å². The number of rotatable bonds is 3. The van der Waals surface area contributed by atoms with Crippen LogP contribution in [0.3, 0.4) is 0 Å². The quantitative estimate of drug-likeness (QED) is 0.484. The Hall–Kier alpha value is -3.47. The van der Waals surface area contributed by atoms with Gasteiger partial charge in [-0.2, -0.15) is 13.2 Å². The zero-order valence-electron chi connectivity index (χ0n) is 17.2. The number of benzene rings is 1. The smallest absolute Gasteiger partial charge is 0.354 e. The lowest BCUT2D eigenvalue weighted by Crippen LogP contribution is -2.46. The topological polar surface area (TPSA) is 71.6 Å². The fourth-order valence-corrected chi connectivity index (χ4v) is 4.07. The third-order valence-corrected chi connectivity index (χ3v) is 5.83. The molecule has 0 atom stereocenters. The summed E-state index contributed by atoms with van der Waals surface area (Å²) >= 11 is 0. The summed E-state index contributed by atoms with van der Waals surface area (Å²) in [5, 5.41) is 9.15. The molecule has 32 heavy (non-hydrogen) atoms. The molecule has 8 nitrogen and oxygen atoms in total. The number of alkyl halides is 3. The van der Waals surface area contributed by atoms with Crippen molar-refractivity contribution in [2.24, 2.45) is 7.05 Å². The number of hydrogen-bond acceptors (Lipinski definition) is 6. The monoisotopic (exact) mass is 443 g/mol. The predicted molar refractivity (Wildman–Crippen MR) is 112 cm³/mol. The van der Waals surface area contributed by atoms with E-state index in [4.69, 9.17) is 0 Å². The molecule has 166 valence electrons. The maximum absolute atomic E-state index is 12.8. The molecule has 0 unspecified atom stereocenters. The lowest BCUT2D eigenvalue weighted by molar-refractivity contribution is -0.137. The normalized spacial score (nSPS) is 15.7. The van der Waals surface area contributed by atoms with Gasteiger partial charge < -0.3 is 4.90 Å². The molecule has 1 fully saturated rings. The molecule has 0 bridgehead atoms. The van der Waals surface area contributed by atoms with Crippen LogP contribution in [0.15, 0.2) is 47.4 Å². The van der Waals surface area contributed by atoms with E-state index in [1.54, 1.807) is 13.1 Å². The first-order chi connectivity index (χ1) is 15.3. The van der Waals surface area contributed by atoms with Crippen LogP contribution in [-0.2, 0) is 19.8 Å². The molecule has 0 aliphatic carbocycles. The van der Waals surface area contributed by atoms with E-state index < -0.39 is 11.7 Å². The van der Waals surface area contributed by atoms with Crippen molar-refractivity contribution in [3.63, 3.8) is 0 Å². The largest absolute Gasteiger partial charge is 0.417 e. The van der Waals surface area contributed by atoms with E-state index in [0.717, 1.165) is 23.6 Å². The average molecular weight is 443 g/mol. The lowest BCUT2D eigenvalue weighted by Gasteiger charge is -2.35. The van der Waals surface area contributed by atoms with Crippen LogP contribution >= 0.6 is 0 Å². The summed E-state index contributed by atoms with van der Waals surface area (Å²) in [6.07, 6.45) is -3.52. The summed E-state index contributed by atoms with van der Waals surface area (Å²) in [5.41, 5.74) is -0.108. The van der Waals surface area contributed by atoms with Gasteiger partial charge in [0, 0.05) is 39.4 Å². The van der Waals surface area contributed by atoms with E-state index in [2.05, 4.69) is 20.1 Å². The number of nitrogens with zero attached hydrogens (tertiary/aromatic N) is 7. The molecular weight excluding hydrogens is 423 g/mol. The molecule has 1 aliphatic heterocycles. The summed E-state index contributed by atoms with van der Waals surface area (Å²) < 4.78 is 41.7. The number of anilines is 1. The second-order valence-corrected chi connectivity index (χ2v) is 7.80. The highest BCUT2D eigenvalue weighted by molar-refractivity contribution is 5.80. The number of fused-ring (bicyclic) bond motifs is 3. The molecule has 11 heteroatoms. The number of aryl methyl sites for hydroxylation is 1. The van der Waals surface area contributed by atoms with Crippen molar-refractivity contribution in [1.29, 1.82) is 0 Å². The van der Waals surface area contributed by atoms with Crippen molar-refractivity contribution in [2.75, 3.05) is 31.1 Å². The van der Waals surface area contributed by atoms with Gasteiger partial charge in [0.05, 0.1) is 23.0 Å². The highest BCUT2D eigenvalue weighted by Gasteiger charge is 2.31. The maximum atomic E-state index is 12.8. The second-order valence-electron chi connectivity index (χ2n) is 7.80. The van der Waals surface area contributed by atoms with Crippen LogP contribution in [0.4, 0.5) is 19.0 Å². The minimum Gasteiger partial charge on any atom is -0.354 e. The molecule has 1 aliphatic rings. The minimum absolute atomic E-state index is 0.121. The first-order valence-electron chi connectivity index (χ1n) is 10.2. The third kappa shape index (κ3) is 3.48. The lowest BCUT2D eigenvalue weighted by atomic mass is 10.2. The van der Waals surface area contributed by atoms with Gasteiger partial charge in [-0.3, -0.25) is 18.7 Å². The Morgan fingerprint density at radius 2 is 1.75 bits per heavy atom. The Bertz CT molecular complexity index is 1340. The van der Waals surface area contributed by atoms with Crippen LogP contribution in [0.5, 0.6) is 0 Å². The van der Waals surface area contributed by atoms with Gasteiger partial charge in [0.1, 0.15) is 5.82 Å². The summed E-state index contributed by atoms with van der Waals surface area (Å²) in [4.78, 5) is 20.8. The van der Waals surface area contributed by atoms with Crippen LogP contribution in [-0.4, -0.2) is 55.2 Å². The van der Waals surface area contributed by atoms with Gasteiger partial charge in [0.25, 0.3) is 5.56 Å². The number of aromatic nitrogens is 5. The number of piperazine rings is 1. The van der Waals surface area contributed by atoms with Crippen LogP contribution in [0, 0.1) is 0 Å². The molecule has 0 spiro atoms. The molecule has 4 aromatic rings. The molecule has 0 saturated carbocycles. The zero-order valence-corrected chi connectivity index (χ0v) is 17.2. The summed E-state index contributed by atoms with van der Waals surface area (Å²) in [6, 6.07) is 9.85. The van der Waals surface area contributed by atoms with E-state index in [0.29, 0.717) is 49.7 Å². The van der Waals surface area contributed by atoms with Crippen molar-refractivity contribution < 1.29 is 13.2 Å². The molecule has 1 aromatic carbocycles. The zero-order chi connectivity index (χ0) is 22.5. The predicted octanol–water partition coefficient (Wildman–Crippen LogP) is 2.32. The van der Waals surface area contributed by atoms with Gasteiger partial charge in [0.2, 0.25) is 5.78 Å². The van der Waals surface area contributed by atoms with E-state index in [1.165, 1.54) is 10.6 Å². The van der Waals surface area contributed by atoms with Crippen molar-refractivity contribution in [3.05, 3.63) is 64.3 Å². The number of para-hydroxylation sites is 1. The van der Waals surface area contributed by atoms with Gasteiger partial charge in [-0.25, -0.2) is 4.98 Å². The van der Waals surface area contributed by atoms with Crippen molar-refractivity contribution in [2.45, 2.75) is 12.7 Å². The number of hydrogen-bond donors (Lipinski definition) is 0. The fourth-order valence-electron chi connectivity index (χ4n) is 4.07. The van der Waals surface area contributed by atoms with Crippen LogP contribution < -0.4 is 10.5 Å². The van der Waals surface area contributed by atoms with E-state index >= 15 is 0 Å². The van der Waals surface area contributed by atoms with Gasteiger partial charge in [-0.15, -0.1) is 10.2 Å². The van der Waals surface area contributed by atoms with Crippen molar-refractivity contribution in [1.82, 2.24) is 29.0 Å². The fraction of sp³-hybridized carbons (Fsp3) is 0.333. The maximum Gasteiger partial charge on any atom is 0.417 e. The molecule has 5 rings (SSSR count). The number of halogens is 3. The highest BCUT2D eigenvalue weighted by atomic mass is 19.4. The molecular formula is C21H20F3N7O. The first-order valence-corrected chi connectivity index (χ1v) is 10.2. The van der Waals surface area contributed by atoms with Crippen molar-refractivity contribution in [3.8, 4) is 0 Å². The Morgan fingerprint density at radius 3 is 2.44 bits per heavy atom. The minimum atomic E-state index is -4.39. The molecule has 4 heterocycles. The number of pyridine rings is 1. The van der Waals surface area contributed by atoms with Gasteiger partial charge >= 0.3 is 6.18 Å². The molecule has 0 amide bonds. The van der Waals surface area contributed by atoms with E-state index in [1.807, 2.05) is 27.5 Å². The molecule has 0 N–H and O–H groups in total. The highest BCUT2D eigenvalue weighted by Crippen LogP contribution is 2.29. The Kier molecular flexibility index (Phi) is 4.85. The summed E-state index contributed by atoms with van der Waals surface area (Å²) in [5.74, 6) is 1.75. The second kappa shape index (κ2) is 7.59. The Morgan fingerprint density at radius 1 is 1.00 bits per heavy atom. The Labute approximate surface area is 180 Å².